The Bertz CT molecular complexity index is 1080. The highest BCUT2D eigenvalue weighted by atomic mass is 35.5. The van der Waals surface area contributed by atoms with Crippen LogP contribution in [0.3, 0.4) is 0 Å². The van der Waals surface area contributed by atoms with E-state index >= 15 is 0 Å². The number of aryl methyl sites for hydroxylation is 1. The van der Waals surface area contributed by atoms with Crippen molar-refractivity contribution in [3.63, 3.8) is 0 Å². The molecule has 162 valence electrons. The molecule has 5 nitrogen and oxygen atoms in total. The fraction of sp³-hybridized carbons (Fsp3) is 0.400. The molecule has 2 aliphatic carbocycles. The standard InChI is InChI=1S/C25H27ClN2O3/c1-16-14-18(26)10-11-19(16)27-22(30)25-13-12-24(4,23(25,2)3)20(15-25)28-31-21(29)17-8-6-5-7-9-17/h5-11,14H,12-13,15H2,1-4H3,(H,27,30). The summed E-state index contributed by atoms with van der Waals surface area (Å²) in [6, 6.07) is 14.2. The molecule has 0 heterocycles. The van der Waals surface area contributed by atoms with Gasteiger partial charge in [0.05, 0.1) is 16.7 Å². The van der Waals surface area contributed by atoms with E-state index in [4.69, 9.17) is 16.4 Å². The predicted molar refractivity (Wildman–Crippen MR) is 122 cm³/mol. The number of fused-ring (bicyclic) bond motifs is 2. The third kappa shape index (κ3) is 3.26. The van der Waals surface area contributed by atoms with Crippen molar-refractivity contribution in [2.45, 2.75) is 47.0 Å². The average molecular weight is 439 g/mol. The van der Waals surface area contributed by atoms with Crippen LogP contribution in [0.4, 0.5) is 5.69 Å². The highest BCUT2D eigenvalue weighted by molar-refractivity contribution is 6.30. The summed E-state index contributed by atoms with van der Waals surface area (Å²) in [5.74, 6) is -0.515. The zero-order valence-corrected chi connectivity index (χ0v) is 19.0. The molecule has 0 spiro atoms. The largest absolute Gasteiger partial charge is 0.365 e. The van der Waals surface area contributed by atoms with Crippen LogP contribution in [0.25, 0.3) is 0 Å². The van der Waals surface area contributed by atoms with Gasteiger partial charge in [-0.25, -0.2) is 4.79 Å². The van der Waals surface area contributed by atoms with Crippen molar-refractivity contribution >= 4 is 34.9 Å². The second-order valence-corrected chi connectivity index (χ2v) is 9.85. The molecule has 0 aliphatic heterocycles. The van der Waals surface area contributed by atoms with Gasteiger partial charge in [0, 0.05) is 22.5 Å². The van der Waals surface area contributed by atoms with E-state index < -0.39 is 11.4 Å². The van der Waals surface area contributed by atoms with Gasteiger partial charge in [-0.1, -0.05) is 55.7 Å². The number of anilines is 1. The van der Waals surface area contributed by atoms with Gasteiger partial charge in [-0.05, 0) is 61.1 Å². The van der Waals surface area contributed by atoms with Crippen molar-refractivity contribution in [3.8, 4) is 0 Å². The van der Waals surface area contributed by atoms with Crippen LogP contribution < -0.4 is 5.32 Å². The van der Waals surface area contributed by atoms with Gasteiger partial charge in [0.2, 0.25) is 5.91 Å². The Morgan fingerprint density at radius 3 is 2.45 bits per heavy atom. The number of halogens is 1. The van der Waals surface area contributed by atoms with Gasteiger partial charge in [0.25, 0.3) is 0 Å². The van der Waals surface area contributed by atoms with Gasteiger partial charge in [-0.15, -0.1) is 0 Å². The van der Waals surface area contributed by atoms with E-state index in [9.17, 15) is 9.59 Å². The monoisotopic (exact) mass is 438 g/mol. The Balaban J connectivity index is 1.60. The minimum absolute atomic E-state index is 0.0220. The lowest BCUT2D eigenvalue weighted by atomic mass is 9.64. The molecule has 2 saturated carbocycles. The number of nitrogens with one attached hydrogen (secondary N) is 1. The lowest BCUT2D eigenvalue weighted by molar-refractivity contribution is -0.130. The first kappa shape index (κ1) is 21.6. The molecule has 2 aromatic carbocycles. The molecule has 2 aromatic rings. The molecule has 0 saturated heterocycles. The molecule has 1 N–H and O–H groups in total. The van der Waals surface area contributed by atoms with E-state index in [1.165, 1.54) is 0 Å². The van der Waals surface area contributed by atoms with E-state index in [1.54, 1.807) is 30.3 Å². The molecular formula is C25H27ClN2O3. The fourth-order valence-electron chi connectivity index (χ4n) is 5.26. The van der Waals surface area contributed by atoms with Crippen molar-refractivity contribution in [3.05, 3.63) is 64.7 Å². The second-order valence-electron chi connectivity index (χ2n) is 9.41. The van der Waals surface area contributed by atoms with E-state index in [1.807, 2.05) is 25.1 Å². The van der Waals surface area contributed by atoms with Gasteiger partial charge >= 0.3 is 5.97 Å². The molecule has 4 rings (SSSR count). The van der Waals surface area contributed by atoms with Crippen LogP contribution >= 0.6 is 11.6 Å². The van der Waals surface area contributed by atoms with Crippen molar-refractivity contribution in [2.75, 3.05) is 5.32 Å². The first-order valence-corrected chi connectivity index (χ1v) is 10.9. The number of hydrogen-bond acceptors (Lipinski definition) is 4. The second kappa shape index (κ2) is 7.49. The Hall–Kier alpha value is -2.66. The third-order valence-corrected chi connectivity index (χ3v) is 8.09. The summed E-state index contributed by atoms with van der Waals surface area (Å²) in [4.78, 5) is 31.3. The average Bonchev–Trinajstić information content (AvgIpc) is 3.05. The number of rotatable bonds is 4. The summed E-state index contributed by atoms with van der Waals surface area (Å²) in [6.07, 6.45) is 2.05. The fourth-order valence-corrected chi connectivity index (χ4v) is 5.48. The van der Waals surface area contributed by atoms with E-state index in [0.717, 1.165) is 29.8 Å². The van der Waals surface area contributed by atoms with Crippen LogP contribution in [0.15, 0.2) is 53.7 Å². The minimum Gasteiger partial charge on any atom is -0.325 e. The quantitative estimate of drug-likeness (QED) is 0.469. The molecule has 2 atom stereocenters. The number of amides is 1. The predicted octanol–water partition coefficient (Wildman–Crippen LogP) is 6.02. The van der Waals surface area contributed by atoms with Gasteiger partial charge < -0.3 is 10.2 Å². The molecular weight excluding hydrogens is 412 g/mol. The van der Waals surface area contributed by atoms with Crippen molar-refractivity contribution < 1.29 is 14.4 Å². The molecule has 31 heavy (non-hydrogen) atoms. The molecule has 2 unspecified atom stereocenters. The first-order valence-electron chi connectivity index (χ1n) is 10.5. The zero-order chi connectivity index (χ0) is 22.4. The SMILES string of the molecule is Cc1cc(Cl)ccc1NC(=O)C12CCC(C)(C(=NOC(=O)c3ccccc3)C1)C2(C)C. The number of benzene rings is 2. The molecule has 1 amide bonds. The summed E-state index contributed by atoms with van der Waals surface area (Å²) in [5.41, 5.74) is 1.61. The molecule has 0 radical (unpaired) electrons. The summed E-state index contributed by atoms with van der Waals surface area (Å²) < 4.78 is 0. The molecule has 2 fully saturated rings. The van der Waals surface area contributed by atoms with Crippen molar-refractivity contribution in [1.29, 1.82) is 0 Å². The van der Waals surface area contributed by atoms with Crippen LogP contribution in [-0.4, -0.2) is 17.6 Å². The van der Waals surface area contributed by atoms with Gasteiger partial charge in [0.1, 0.15) is 0 Å². The van der Waals surface area contributed by atoms with Crippen LogP contribution in [0, 0.1) is 23.2 Å². The smallest absolute Gasteiger partial charge is 0.325 e. The van der Waals surface area contributed by atoms with Crippen LogP contribution in [0.1, 0.15) is 56.0 Å². The number of oxime groups is 1. The summed E-state index contributed by atoms with van der Waals surface area (Å²) in [5, 5.41) is 8.04. The molecule has 2 bridgehead atoms. The maximum Gasteiger partial charge on any atom is 0.365 e. The van der Waals surface area contributed by atoms with Crippen LogP contribution in [0.5, 0.6) is 0 Å². The van der Waals surface area contributed by atoms with Gasteiger partial charge in [-0.2, -0.15) is 0 Å². The highest BCUT2D eigenvalue weighted by Crippen LogP contribution is 2.71. The highest BCUT2D eigenvalue weighted by Gasteiger charge is 2.71. The number of nitrogens with zero attached hydrogens (tertiary/aromatic N) is 1. The lowest BCUT2D eigenvalue weighted by Crippen LogP contribution is -2.43. The van der Waals surface area contributed by atoms with E-state index in [0.29, 0.717) is 17.0 Å². The summed E-state index contributed by atoms with van der Waals surface area (Å²) in [7, 11) is 0. The normalized spacial score (nSPS) is 27.3. The van der Waals surface area contributed by atoms with Crippen molar-refractivity contribution in [2.24, 2.45) is 21.4 Å². The molecule has 0 aromatic heterocycles. The third-order valence-electron chi connectivity index (χ3n) is 7.85. The number of hydrogen-bond donors (Lipinski definition) is 1. The van der Waals surface area contributed by atoms with Crippen molar-refractivity contribution in [1.82, 2.24) is 0 Å². The summed E-state index contributed by atoms with van der Waals surface area (Å²) in [6.45, 7) is 8.29. The summed E-state index contributed by atoms with van der Waals surface area (Å²) >= 11 is 6.06. The minimum atomic E-state index is -0.619. The topological polar surface area (TPSA) is 67.8 Å². The van der Waals surface area contributed by atoms with E-state index in [-0.39, 0.29) is 16.7 Å². The van der Waals surface area contributed by atoms with Crippen LogP contribution in [0.2, 0.25) is 5.02 Å². The maximum atomic E-state index is 13.6. The van der Waals surface area contributed by atoms with Gasteiger partial charge in [-0.3, -0.25) is 4.79 Å². The maximum absolute atomic E-state index is 13.6. The Kier molecular flexibility index (Phi) is 5.21. The Morgan fingerprint density at radius 1 is 1.06 bits per heavy atom. The van der Waals surface area contributed by atoms with Gasteiger partial charge in [0.15, 0.2) is 0 Å². The van der Waals surface area contributed by atoms with Crippen LogP contribution in [-0.2, 0) is 9.63 Å². The molecule has 2 aliphatic rings. The molecule has 6 heteroatoms. The van der Waals surface area contributed by atoms with E-state index in [2.05, 4.69) is 31.2 Å². The number of carbonyl (C=O) groups excluding carboxylic acids is 2. The first-order chi connectivity index (χ1) is 14.6. The Labute approximate surface area is 187 Å². The Morgan fingerprint density at radius 2 is 1.77 bits per heavy atom. The zero-order valence-electron chi connectivity index (χ0n) is 18.3. The lowest BCUT2D eigenvalue weighted by Gasteiger charge is -2.39. The number of carbonyl (C=O) groups is 2.